The number of anilines is 2. The van der Waals surface area contributed by atoms with Crippen molar-refractivity contribution in [3.05, 3.63) is 48.3 Å². The van der Waals surface area contributed by atoms with Crippen molar-refractivity contribution in [1.29, 1.82) is 0 Å². The van der Waals surface area contributed by atoms with Gasteiger partial charge in [0.15, 0.2) is 0 Å². The topological polar surface area (TPSA) is 73.4 Å². The van der Waals surface area contributed by atoms with Gasteiger partial charge in [0.25, 0.3) is 0 Å². The van der Waals surface area contributed by atoms with Crippen LogP contribution < -0.4 is 15.5 Å². The van der Waals surface area contributed by atoms with E-state index in [1.54, 1.807) is 12.4 Å². The Labute approximate surface area is 154 Å². The fourth-order valence-corrected chi connectivity index (χ4v) is 3.00. The van der Waals surface area contributed by atoms with Crippen LogP contribution in [0.3, 0.4) is 0 Å². The molecule has 1 saturated heterocycles. The summed E-state index contributed by atoms with van der Waals surface area (Å²) in [6, 6.07) is 9.60. The summed E-state index contributed by atoms with van der Waals surface area (Å²) in [5, 5.41) is 5.82. The van der Waals surface area contributed by atoms with Gasteiger partial charge in [-0.3, -0.25) is 4.90 Å². The zero-order chi connectivity index (χ0) is 18.2. The molecule has 7 heteroatoms. The van der Waals surface area contributed by atoms with Gasteiger partial charge in [0.1, 0.15) is 0 Å². The van der Waals surface area contributed by atoms with E-state index < -0.39 is 0 Å². The van der Waals surface area contributed by atoms with E-state index in [1.807, 2.05) is 24.3 Å². The minimum Gasteiger partial charge on any atom is -0.338 e. The van der Waals surface area contributed by atoms with Gasteiger partial charge in [0, 0.05) is 57.3 Å². The smallest absolute Gasteiger partial charge is 0.319 e. The number of benzene rings is 1. The highest BCUT2D eigenvalue weighted by Crippen LogP contribution is 2.11. The Morgan fingerprint density at radius 3 is 2.62 bits per heavy atom. The Morgan fingerprint density at radius 2 is 1.88 bits per heavy atom. The number of hydrogen-bond donors (Lipinski definition) is 2. The van der Waals surface area contributed by atoms with E-state index in [9.17, 15) is 4.79 Å². The first-order valence-electron chi connectivity index (χ1n) is 9.12. The van der Waals surface area contributed by atoms with Crippen molar-refractivity contribution in [3.63, 3.8) is 0 Å². The number of rotatable bonds is 6. The van der Waals surface area contributed by atoms with Crippen molar-refractivity contribution < 1.29 is 4.79 Å². The minimum absolute atomic E-state index is 0.158. The van der Waals surface area contributed by atoms with Crippen LogP contribution in [0.25, 0.3) is 0 Å². The standard InChI is InChI=1S/C19H26N6O/c1-2-16-5-3-6-17(15-16)23-19(26)22-9-10-24-11-13-25(14-12-24)18-20-7-4-8-21-18/h3-8,15H,2,9-14H2,1H3,(H2,22,23,26). The molecule has 1 aromatic carbocycles. The van der Waals surface area contributed by atoms with Gasteiger partial charge in [-0.1, -0.05) is 19.1 Å². The number of carbonyl (C=O) groups excluding carboxylic acids is 1. The van der Waals surface area contributed by atoms with Gasteiger partial charge >= 0.3 is 6.03 Å². The number of aryl methyl sites for hydroxylation is 1. The van der Waals surface area contributed by atoms with Crippen molar-refractivity contribution in [1.82, 2.24) is 20.2 Å². The molecular weight excluding hydrogens is 328 g/mol. The summed E-state index contributed by atoms with van der Waals surface area (Å²) >= 11 is 0. The Kier molecular flexibility index (Phi) is 6.38. The van der Waals surface area contributed by atoms with Gasteiger partial charge in [0.2, 0.25) is 5.95 Å². The molecule has 0 radical (unpaired) electrons. The summed E-state index contributed by atoms with van der Waals surface area (Å²) in [6.07, 6.45) is 4.50. The minimum atomic E-state index is -0.158. The van der Waals surface area contributed by atoms with Crippen LogP contribution in [-0.2, 0) is 6.42 Å². The third kappa shape index (κ3) is 5.16. The molecule has 0 saturated carbocycles. The van der Waals surface area contributed by atoms with Crippen molar-refractivity contribution in [2.45, 2.75) is 13.3 Å². The first-order chi connectivity index (χ1) is 12.7. The maximum absolute atomic E-state index is 12.0. The quantitative estimate of drug-likeness (QED) is 0.830. The normalized spacial score (nSPS) is 14.9. The highest BCUT2D eigenvalue weighted by Gasteiger charge is 2.18. The zero-order valence-corrected chi connectivity index (χ0v) is 15.2. The second-order valence-corrected chi connectivity index (χ2v) is 6.31. The van der Waals surface area contributed by atoms with Crippen LogP contribution in [0.1, 0.15) is 12.5 Å². The summed E-state index contributed by atoms with van der Waals surface area (Å²) in [4.78, 5) is 25.2. The average molecular weight is 354 g/mol. The molecule has 3 rings (SSSR count). The third-order valence-electron chi connectivity index (χ3n) is 4.51. The second kappa shape index (κ2) is 9.15. The van der Waals surface area contributed by atoms with Crippen molar-refractivity contribution in [2.75, 3.05) is 49.5 Å². The Balaban J connectivity index is 1.35. The fourth-order valence-electron chi connectivity index (χ4n) is 3.00. The molecule has 2 N–H and O–H groups in total. The number of aromatic nitrogens is 2. The first-order valence-corrected chi connectivity index (χ1v) is 9.12. The van der Waals surface area contributed by atoms with Crippen LogP contribution >= 0.6 is 0 Å². The fraction of sp³-hybridized carbons (Fsp3) is 0.421. The molecule has 138 valence electrons. The molecule has 2 aromatic rings. The Bertz CT molecular complexity index is 700. The lowest BCUT2D eigenvalue weighted by molar-refractivity contribution is 0.240. The van der Waals surface area contributed by atoms with Gasteiger partial charge in [-0.15, -0.1) is 0 Å². The van der Waals surface area contributed by atoms with Gasteiger partial charge in [-0.05, 0) is 30.2 Å². The molecule has 0 spiro atoms. The predicted octanol–water partition coefficient (Wildman–Crippen LogP) is 1.98. The van der Waals surface area contributed by atoms with E-state index in [0.717, 1.165) is 50.8 Å². The van der Waals surface area contributed by atoms with E-state index in [-0.39, 0.29) is 6.03 Å². The molecule has 0 unspecified atom stereocenters. The van der Waals surface area contributed by atoms with Crippen LogP contribution in [-0.4, -0.2) is 60.2 Å². The van der Waals surface area contributed by atoms with Crippen LogP contribution in [0.4, 0.5) is 16.4 Å². The molecule has 1 fully saturated rings. The van der Waals surface area contributed by atoms with Crippen molar-refractivity contribution >= 4 is 17.7 Å². The van der Waals surface area contributed by atoms with E-state index in [1.165, 1.54) is 5.56 Å². The molecule has 0 atom stereocenters. The van der Waals surface area contributed by atoms with Crippen molar-refractivity contribution in [3.8, 4) is 0 Å². The van der Waals surface area contributed by atoms with Crippen LogP contribution in [0, 0.1) is 0 Å². The average Bonchev–Trinajstić information content (AvgIpc) is 2.69. The van der Waals surface area contributed by atoms with Crippen LogP contribution in [0.15, 0.2) is 42.7 Å². The number of hydrogen-bond acceptors (Lipinski definition) is 5. The van der Waals surface area contributed by atoms with Gasteiger partial charge < -0.3 is 15.5 Å². The zero-order valence-electron chi connectivity index (χ0n) is 15.2. The summed E-state index contributed by atoms with van der Waals surface area (Å²) in [6.45, 7) is 7.26. The molecule has 0 aliphatic carbocycles. The van der Waals surface area contributed by atoms with Crippen LogP contribution in [0.5, 0.6) is 0 Å². The molecule has 1 aromatic heterocycles. The number of nitrogens with one attached hydrogen (secondary N) is 2. The monoisotopic (exact) mass is 354 g/mol. The van der Waals surface area contributed by atoms with E-state index in [4.69, 9.17) is 0 Å². The largest absolute Gasteiger partial charge is 0.338 e. The van der Waals surface area contributed by atoms with E-state index in [2.05, 4.69) is 43.4 Å². The molecule has 2 heterocycles. The van der Waals surface area contributed by atoms with E-state index >= 15 is 0 Å². The molecule has 0 bridgehead atoms. The summed E-state index contributed by atoms with van der Waals surface area (Å²) < 4.78 is 0. The Hall–Kier alpha value is -2.67. The molecule has 26 heavy (non-hydrogen) atoms. The number of amides is 2. The number of nitrogens with zero attached hydrogens (tertiary/aromatic N) is 4. The van der Waals surface area contributed by atoms with Gasteiger partial charge in [-0.2, -0.15) is 0 Å². The maximum atomic E-state index is 12.0. The lowest BCUT2D eigenvalue weighted by Crippen LogP contribution is -2.49. The van der Waals surface area contributed by atoms with Gasteiger partial charge in [0.05, 0.1) is 0 Å². The summed E-state index contributed by atoms with van der Waals surface area (Å²) in [5.41, 5.74) is 2.04. The SMILES string of the molecule is CCc1cccc(NC(=O)NCCN2CCN(c3ncccn3)CC2)c1. The lowest BCUT2D eigenvalue weighted by Gasteiger charge is -2.34. The van der Waals surface area contributed by atoms with Gasteiger partial charge in [-0.25, -0.2) is 14.8 Å². The number of carbonyl (C=O) groups is 1. The number of urea groups is 1. The first kappa shape index (κ1) is 18.1. The lowest BCUT2D eigenvalue weighted by atomic mass is 10.1. The molecule has 1 aliphatic rings. The summed E-state index contributed by atoms with van der Waals surface area (Å²) in [5.74, 6) is 0.791. The molecule has 2 amide bonds. The predicted molar refractivity (Wildman–Crippen MR) is 104 cm³/mol. The highest BCUT2D eigenvalue weighted by molar-refractivity contribution is 5.89. The second-order valence-electron chi connectivity index (χ2n) is 6.31. The molecule has 7 nitrogen and oxygen atoms in total. The maximum Gasteiger partial charge on any atom is 0.319 e. The van der Waals surface area contributed by atoms with E-state index in [0.29, 0.717) is 6.54 Å². The number of piperazine rings is 1. The third-order valence-corrected chi connectivity index (χ3v) is 4.51. The molecular formula is C19H26N6O. The summed E-state index contributed by atoms with van der Waals surface area (Å²) in [7, 11) is 0. The van der Waals surface area contributed by atoms with Crippen LogP contribution in [0.2, 0.25) is 0 Å². The Morgan fingerprint density at radius 1 is 1.12 bits per heavy atom. The van der Waals surface area contributed by atoms with Crippen molar-refractivity contribution in [2.24, 2.45) is 0 Å². The molecule has 1 aliphatic heterocycles. The highest BCUT2D eigenvalue weighted by atomic mass is 16.2.